The zero-order valence-corrected chi connectivity index (χ0v) is 6.96. The number of nitriles is 1. The van der Waals surface area contributed by atoms with E-state index in [0.29, 0.717) is 6.42 Å². The maximum atomic E-state index is 9.22. The van der Waals surface area contributed by atoms with Crippen molar-refractivity contribution < 1.29 is 5.11 Å². The Balaban J connectivity index is 2.90. The van der Waals surface area contributed by atoms with E-state index in [1.54, 1.807) is 6.08 Å². The summed E-state index contributed by atoms with van der Waals surface area (Å²) in [6, 6.07) is 2.27. The molecule has 60 valence electrons. The molecule has 2 heteroatoms. The third-order valence-electron chi connectivity index (χ3n) is 2.50. The first kappa shape index (κ1) is 8.29. The molecule has 0 bridgehead atoms. The lowest BCUT2D eigenvalue weighted by Crippen LogP contribution is -2.24. The Hall–Kier alpha value is -0.810. The van der Waals surface area contributed by atoms with Crippen molar-refractivity contribution in [3.8, 4) is 6.07 Å². The predicted molar refractivity (Wildman–Crippen MR) is 42.7 cm³/mol. The highest BCUT2D eigenvalue weighted by Crippen LogP contribution is 2.35. The highest BCUT2D eigenvalue weighted by molar-refractivity contribution is 5.24. The summed E-state index contributed by atoms with van der Waals surface area (Å²) in [6.45, 7) is 3.83. The molecule has 1 rings (SSSR count). The second-order valence-electron chi connectivity index (χ2n) is 3.40. The molecule has 0 saturated heterocycles. The van der Waals surface area contributed by atoms with Gasteiger partial charge in [-0.05, 0) is 26.7 Å². The predicted octanol–water partition coefficient (Wildman–Crippen LogP) is 1.62. The highest BCUT2D eigenvalue weighted by Gasteiger charge is 2.30. The molecule has 1 aliphatic rings. The van der Waals surface area contributed by atoms with Gasteiger partial charge < -0.3 is 5.11 Å². The van der Waals surface area contributed by atoms with Crippen LogP contribution in [0.2, 0.25) is 0 Å². The van der Waals surface area contributed by atoms with Crippen molar-refractivity contribution in [3.05, 3.63) is 11.6 Å². The quantitative estimate of drug-likeness (QED) is 0.534. The molecule has 0 spiro atoms. The normalized spacial score (nSPS) is 37.6. The second kappa shape index (κ2) is 2.67. The van der Waals surface area contributed by atoms with Crippen LogP contribution < -0.4 is 0 Å². The zero-order chi connectivity index (χ0) is 8.48. The van der Waals surface area contributed by atoms with Crippen LogP contribution in [0.1, 0.15) is 26.7 Å². The maximum Gasteiger partial charge on any atom is 0.0753 e. The molecule has 1 N–H and O–H groups in total. The summed E-state index contributed by atoms with van der Waals surface area (Å²) in [5.41, 5.74) is 0.665. The molecule has 0 heterocycles. The van der Waals surface area contributed by atoms with Crippen LogP contribution in [0.15, 0.2) is 11.6 Å². The lowest BCUT2D eigenvalue weighted by Gasteiger charge is -2.28. The van der Waals surface area contributed by atoms with E-state index >= 15 is 0 Å². The monoisotopic (exact) mass is 151 g/mol. The molecular weight excluding hydrogens is 138 g/mol. The van der Waals surface area contributed by atoms with E-state index in [2.05, 4.69) is 6.07 Å². The van der Waals surface area contributed by atoms with Crippen molar-refractivity contribution in [1.29, 1.82) is 5.26 Å². The van der Waals surface area contributed by atoms with Crippen molar-refractivity contribution >= 4 is 0 Å². The van der Waals surface area contributed by atoms with Crippen LogP contribution in [0, 0.1) is 16.7 Å². The minimum atomic E-state index is -0.337. The number of aliphatic hydroxyl groups excluding tert-OH is 1. The fraction of sp³-hybridized carbons (Fsp3) is 0.667. The van der Waals surface area contributed by atoms with Gasteiger partial charge in [0.25, 0.3) is 0 Å². The van der Waals surface area contributed by atoms with Crippen molar-refractivity contribution in [2.45, 2.75) is 32.8 Å². The minimum absolute atomic E-state index is 0.334. The first-order chi connectivity index (χ1) is 5.08. The number of hydrogen-bond acceptors (Lipinski definition) is 2. The molecule has 0 radical (unpaired) electrons. The third kappa shape index (κ3) is 1.44. The Morgan fingerprint density at radius 3 is 2.91 bits per heavy atom. The van der Waals surface area contributed by atoms with E-state index in [-0.39, 0.29) is 11.5 Å². The van der Waals surface area contributed by atoms with Crippen LogP contribution in [0.25, 0.3) is 0 Å². The zero-order valence-electron chi connectivity index (χ0n) is 6.96. The van der Waals surface area contributed by atoms with E-state index in [4.69, 9.17) is 5.26 Å². The molecule has 11 heavy (non-hydrogen) atoms. The topological polar surface area (TPSA) is 44.0 Å². The lowest BCUT2D eigenvalue weighted by atomic mass is 9.75. The van der Waals surface area contributed by atoms with Gasteiger partial charge in [0.15, 0.2) is 0 Å². The molecule has 0 aliphatic heterocycles. The number of allylic oxidation sites excluding steroid dienone is 1. The van der Waals surface area contributed by atoms with Crippen LogP contribution >= 0.6 is 0 Å². The van der Waals surface area contributed by atoms with E-state index in [0.717, 1.165) is 12.0 Å². The largest absolute Gasteiger partial charge is 0.389 e. The summed E-state index contributed by atoms with van der Waals surface area (Å²) in [5, 5.41) is 18.1. The van der Waals surface area contributed by atoms with Gasteiger partial charge in [-0.1, -0.05) is 11.6 Å². The van der Waals surface area contributed by atoms with Crippen LogP contribution in [-0.2, 0) is 0 Å². The van der Waals surface area contributed by atoms with Crippen molar-refractivity contribution in [2.24, 2.45) is 5.41 Å². The van der Waals surface area contributed by atoms with Gasteiger partial charge >= 0.3 is 0 Å². The first-order valence-corrected chi connectivity index (χ1v) is 3.87. The Kier molecular flexibility index (Phi) is 2.01. The number of nitrogens with zero attached hydrogens (tertiary/aromatic N) is 1. The number of aliphatic hydroxyl groups is 1. The summed E-state index contributed by atoms with van der Waals surface area (Å²) in [5.74, 6) is 0. The summed E-state index contributed by atoms with van der Waals surface area (Å²) in [7, 11) is 0. The van der Waals surface area contributed by atoms with Crippen LogP contribution in [0.4, 0.5) is 0 Å². The summed E-state index contributed by atoms with van der Waals surface area (Å²) < 4.78 is 0. The third-order valence-corrected chi connectivity index (χ3v) is 2.50. The molecule has 0 fully saturated rings. The summed E-state index contributed by atoms with van der Waals surface area (Å²) in [4.78, 5) is 0. The van der Waals surface area contributed by atoms with Gasteiger partial charge in [-0.2, -0.15) is 5.26 Å². The molecule has 0 aromatic rings. The van der Waals surface area contributed by atoms with Gasteiger partial charge in [0, 0.05) is 0 Å². The average molecular weight is 151 g/mol. The van der Waals surface area contributed by atoms with E-state index in [9.17, 15) is 5.11 Å². The molecule has 0 saturated carbocycles. The van der Waals surface area contributed by atoms with Gasteiger partial charge in [-0.3, -0.25) is 0 Å². The summed E-state index contributed by atoms with van der Waals surface area (Å²) in [6.07, 6.45) is 2.93. The standard InChI is InChI=1S/C9H13NO/c1-7-5-8(11)3-4-9(7,2)6-10/h5,8,11H,3-4H2,1-2H3/t8-,9+/m1/s1. The highest BCUT2D eigenvalue weighted by atomic mass is 16.3. The fourth-order valence-corrected chi connectivity index (χ4v) is 1.33. The van der Waals surface area contributed by atoms with Crippen molar-refractivity contribution in [3.63, 3.8) is 0 Å². The molecule has 2 nitrogen and oxygen atoms in total. The van der Waals surface area contributed by atoms with E-state index in [1.807, 2.05) is 13.8 Å². The van der Waals surface area contributed by atoms with Crippen molar-refractivity contribution in [2.75, 3.05) is 0 Å². The van der Waals surface area contributed by atoms with E-state index in [1.165, 1.54) is 0 Å². The molecule has 0 unspecified atom stereocenters. The van der Waals surface area contributed by atoms with Gasteiger partial charge in [0.1, 0.15) is 0 Å². The smallest absolute Gasteiger partial charge is 0.0753 e. The number of hydrogen-bond donors (Lipinski definition) is 1. The summed E-state index contributed by atoms with van der Waals surface area (Å²) >= 11 is 0. The van der Waals surface area contributed by atoms with Crippen LogP contribution in [0.5, 0.6) is 0 Å². The maximum absolute atomic E-state index is 9.22. The molecule has 1 aliphatic carbocycles. The van der Waals surface area contributed by atoms with E-state index < -0.39 is 0 Å². The van der Waals surface area contributed by atoms with Gasteiger partial charge in [-0.25, -0.2) is 0 Å². The Labute approximate surface area is 67.2 Å². The average Bonchev–Trinajstić information content (AvgIpc) is 1.98. The van der Waals surface area contributed by atoms with Crippen LogP contribution in [0.3, 0.4) is 0 Å². The Morgan fingerprint density at radius 1 is 1.82 bits per heavy atom. The fourth-order valence-electron chi connectivity index (χ4n) is 1.33. The van der Waals surface area contributed by atoms with Gasteiger partial charge in [-0.15, -0.1) is 0 Å². The molecular formula is C9H13NO. The second-order valence-corrected chi connectivity index (χ2v) is 3.40. The van der Waals surface area contributed by atoms with Crippen LogP contribution in [-0.4, -0.2) is 11.2 Å². The molecule has 0 amide bonds. The molecule has 0 aromatic carbocycles. The van der Waals surface area contributed by atoms with Gasteiger partial charge in [0.05, 0.1) is 17.6 Å². The van der Waals surface area contributed by atoms with Gasteiger partial charge in [0.2, 0.25) is 0 Å². The lowest BCUT2D eigenvalue weighted by molar-refractivity contribution is 0.183. The first-order valence-electron chi connectivity index (χ1n) is 3.87. The molecule has 2 atom stereocenters. The molecule has 0 aromatic heterocycles. The number of rotatable bonds is 0. The Bertz CT molecular complexity index is 226. The Morgan fingerprint density at radius 2 is 2.45 bits per heavy atom. The minimum Gasteiger partial charge on any atom is -0.389 e. The van der Waals surface area contributed by atoms with Crippen molar-refractivity contribution in [1.82, 2.24) is 0 Å². The SMILES string of the molecule is CC1=C[C@H](O)CC[C@@]1(C)C#N.